The molecule has 8 heteroatoms. The van der Waals surface area contributed by atoms with Gasteiger partial charge in [0, 0.05) is 25.2 Å². The molecule has 1 aliphatic heterocycles. The smallest absolute Gasteiger partial charge is 0.311 e. The fourth-order valence-electron chi connectivity index (χ4n) is 4.74. The number of piperidine rings is 1. The second-order valence-corrected chi connectivity index (χ2v) is 8.39. The van der Waals surface area contributed by atoms with E-state index in [1.54, 1.807) is 17.9 Å². The van der Waals surface area contributed by atoms with Gasteiger partial charge in [-0.2, -0.15) is 0 Å². The number of esters is 1. The minimum absolute atomic E-state index is 0.0766. The van der Waals surface area contributed by atoms with Crippen LogP contribution in [-0.2, 0) is 9.53 Å². The molecule has 170 valence electrons. The van der Waals surface area contributed by atoms with Crippen molar-refractivity contribution < 1.29 is 19.2 Å². The fourth-order valence-corrected chi connectivity index (χ4v) is 4.74. The van der Waals surface area contributed by atoms with Crippen LogP contribution in [0, 0.1) is 16.0 Å². The number of aromatic nitrogens is 1. The number of ether oxygens (including phenoxy) is 2. The second kappa shape index (κ2) is 9.97. The quantitative estimate of drug-likeness (QED) is 0.346. The molecule has 1 aromatic carbocycles. The van der Waals surface area contributed by atoms with Gasteiger partial charge in [0.05, 0.1) is 17.4 Å². The molecule has 1 saturated heterocycles. The molecule has 0 spiro atoms. The van der Waals surface area contributed by atoms with Gasteiger partial charge in [-0.3, -0.25) is 14.9 Å². The Balaban J connectivity index is 1.57. The number of pyridine rings is 1. The molecule has 2 heterocycles. The van der Waals surface area contributed by atoms with Crippen molar-refractivity contribution >= 4 is 17.5 Å². The van der Waals surface area contributed by atoms with E-state index in [1.165, 1.54) is 43.5 Å². The van der Waals surface area contributed by atoms with Gasteiger partial charge in [-0.05, 0) is 55.9 Å². The Morgan fingerprint density at radius 3 is 2.62 bits per heavy atom. The van der Waals surface area contributed by atoms with E-state index in [4.69, 9.17) is 9.47 Å². The summed E-state index contributed by atoms with van der Waals surface area (Å²) in [5, 5.41) is 11.6. The number of nitrogens with zero attached hydrogens (tertiary/aromatic N) is 3. The van der Waals surface area contributed by atoms with Crippen LogP contribution in [0.2, 0.25) is 0 Å². The predicted octanol–water partition coefficient (Wildman–Crippen LogP) is 4.83. The van der Waals surface area contributed by atoms with Crippen molar-refractivity contribution in [2.45, 2.75) is 57.6 Å². The first kappa shape index (κ1) is 22.0. The number of carbonyl (C=O) groups excluding carboxylic acids is 1. The molecule has 2 aliphatic rings. The third-order valence-corrected chi connectivity index (χ3v) is 6.39. The fraction of sp³-hybridized carbons (Fsp3) is 0.500. The molecule has 2 atom stereocenters. The lowest BCUT2D eigenvalue weighted by Crippen LogP contribution is -2.48. The van der Waals surface area contributed by atoms with Gasteiger partial charge in [0.25, 0.3) is 0 Å². The van der Waals surface area contributed by atoms with Crippen LogP contribution < -0.4 is 9.64 Å². The molecule has 32 heavy (non-hydrogen) atoms. The van der Waals surface area contributed by atoms with Crippen molar-refractivity contribution in [3.63, 3.8) is 0 Å². The number of carbonyl (C=O) groups is 1. The highest BCUT2D eigenvalue weighted by molar-refractivity contribution is 5.73. The van der Waals surface area contributed by atoms with Crippen LogP contribution in [0.25, 0.3) is 0 Å². The maximum absolute atomic E-state index is 12.4. The minimum atomic E-state index is -0.566. The van der Waals surface area contributed by atoms with Crippen molar-refractivity contribution in [2.75, 3.05) is 18.1 Å². The van der Waals surface area contributed by atoms with Crippen molar-refractivity contribution in [3.8, 4) is 5.75 Å². The van der Waals surface area contributed by atoms with E-state index in [0.29, 0.717) is 37.7 Å². The van der Waals surface area contributed by atoms with Crippen LogP contribution in [0.4, 0.5) is 11.5 Å². The van der Waals surface area contributed by atoms with Crippen molar-refractivity contribution in [1.29, 1.82) is 0 Å². The van der Waals surface area contributed by atoms with Gasteiger partial charge in [0.2, 0.25) is 5.82 Å². The third kappa shape index (κ3) is 4.84. The summed E-state index contributed by atoms with van der Waals surface area (Å²) in [6.45, 7) is 2.51. The zero-order valence-corrected chi connectivity index (χ0v) is 18.3. The molecule has 2 unspecified atom stereocenters. The second-order valence-electron chi connectivity index (χ2n) is 8.39. The van der Waals surface area contributed by atoms with E-state index in [-0.39, 0.29) is 23.4 Å². The summed E-state index contributed by atoms with van der Waals surface area (Å²) in [5.41, 5.74) is 1.24. The summed E-state index contributed by atoms with van der Waals surface area (Å²) in [6, 6.07) is 11.1. The largest absolute Gasteiger partial charge is 0.470 e. The highest BCUT2D eigenvalue weighted by Gasteiger charge is 2.37. The maximum Gasteiger partial charge on any atom is 0.311 e. The van der Waals surface area contributed by atoms with E-state index < -0.39 is 11.2 Å². The van der Waals surface area contributed by atoms with Crippen LogP contribution in [0.3, 0.4) is 0 Å². The summed E-state index contributed by atoms with van der Waals surface area (Å²) >= 11 is 0. The Morgan fingerprint density at radius 2 is 1.94 bits per heavy atom. The van der Waals surface area contributed by atoms with Gasteiger partial charge in [0.1, 0.15) is 5.75 Å². The molecule has 2 fully saturated rings. The number of hydrogen-bond donors (Lipinski definition) is 0. The molecular weight excluding hydrogens is 410 g/mol. The van der Waals surface area contributed by atoms with Crippen LogP contribution in [0.5, 0.6) is 5.75 Å². The summed E-state index contributed by atoms with van der Waals surface area (Å²) in [6.07, 6.45) is 6.86. The van der Waals surface area contributed by atoms with Crippen molar-refractivity contribution in [3.05, 3.63) is 58.3 Å². The van der Waals surface area contributed by atoms with Gasteiger partial charge < -0.3 is 14.4 Å². The average Bonchev–Trinajstić information content (AvgIpc) is 3.35. The summed E-state index contributed by atoms with van der Waals surface area (Å²) in [4.78, 5) is 29.6. The molecular formula is C24H29N3O5. The van der Waals surface area contributed by atoms with Gasteiger partial charge in [-0.1, -0.05) is 25.0 Å². The van der Waals surface area contributed by atoms with Crippen LogP contribution in [0.15, 0.2) is 42.6 Å². The van der Waals surface area contributed by atoms with Gasteiger partial charge >= 0.3 is 11.7 Å². The Bertz CT molecular complexity index is 943. The lowest BCUT2D eigenvalue weighted by molar-refractivity contribution is -0.384. The number of anilines is 1. The number of nitro groups is 1. The Hall–Kier alpha value is -3.16. The van der Waals surface area contributed by atoms with E-state index >= 15 is 0 Å². The Morgan fingerprint density at radius 1 is 1.19 bits per heavy atom. The third-order valence-electron chi connectivity index (χ3n) is 6.39. The number of benzene rings is 1. The molecule has 1 saturated carbocycles. The van der Waals surface area contributed by atoms with Gasteiger partial charge in [-0.25, -0.2) is 4.98 Å². The molecule has 1 aliphatic carbocycles. The average molecular weight is 440 g/mol. The van der Waals surface area contributed by atoms with Gasteiger partial charge in [-0.15, -0.1) is 0 Å². The zero-order valence-electron chi connectivity index (χ0n) is 18.3. The number of rotatable bonds is 7. The van der Waals surface area contributed by atoms with Gasteiger partial charge in [0.15, 0.2) is 6.23 Å². The van der Waals surface area contributed by atoms with E-state index in [9.17, 15) is 14.9 Å². The SMILES string of the molecule is CCOC(=O)C1CCN(c2ncccc2[N+](=O)[O-])C(Oc2ccc(C3CCCC3)cc2)C1. The van der Waals surface area contributed by atoms with E-state index in [1.807, 2.05) is 12.1 Å². The van der Waals surface area contributed by atoms with Crippen LogP contribution in [0.1, 0.15) is 56.9 Å². The Labute approximate surface area is 187 Å². The first-order valence-electron chi connectivity index (χ1n) is 11.4. The number of hydrogen-bond acceptors (Lipinski definition) is 7. The normalized spacial score (nSPS) is 21.3. The first-order valence-corrected chi connectivity index (χ1v) is 11.4. The molecule has 2 aromatic rings. The van der Waals surface area contributed by atoms with Crippen LogP contribution in [-0.4, -0.2) is 35.3 Å². The van der Waals surface area contributed by atoms with E-state index in [0.717, 1.165) is 0 Å². The summed E-state index contributed by atoms with van der Waals surface area (Å²) in [5.74, 6) is 0.960. The lowest BCUT2D eigenvalue weighted by atomic mass is 9.95. The van der Waals surface area contributed by atoms with Crippen LogP contribution >= 0.6 is 0 Å². The maximum atomic E-state index is 12.4. The Kier molecular flexibility index (Phi) is 6.87. The molecule has 0 bridgehead atoms. The molecule has 0 N–H and O–H groups in total. The molecule has 0 amide bonds. The standard InChI is InChI=1S/C24H29N3O5/c1-2-31-24(28)19-13-15-26(23-21(27(29)30)8-5-14-25-23)22(16-19)32-20-11-9-18(10-12-20)17-6-3-4-7-17/h5,8-12,14,17,19,22H,2-4,6-7,13,15-16H2,1H3. The highest BCUT2D eigenvalue weighted by Crippen LogP contribution is 2.36. The first-order chi connectivity index (χ1) is 15.6. The van der Waals surface area contributed by atoms with Crippen molar-refractivity contribution in [1.82, 2.24) is 4.98 Å². The predicted molar refractivity (Wildman–Crippen MR) is 120 cm³/mol. The topological polar surface area (TPSA) is 94.8 Å². The van der Waals surface area contributed by atoms with E-state index in [2.05, 4.69) is 17.1 Å². The summed E-state index contributed by atoms with van der Waals surface area (Å²) in [7, 11) is 0. The monoisotopic (exact) mass is 439 g/mol. The molecule has 1 aromatic heterocycles. The summed E-state index contributed by atoms with van der Waals surface area (Å²) < 4.78 is 11.5. The molecule has 0 radical (unpaired) electrons. The lowest BCUT2D eigenvalue weighted by Gasteiger charge is -2.38. The minimum Gasteiger partial charge on any atom is -0.470 e. The van der Waals surface area contributed by atoms with Crippen molar-refractivity contribution in [2.24, 2.45) is 5.92 Å². The molecule has 8 nitrogen and oxygen atoms in total. The molecule has 4 rings (SSSR count). The zero-order chi connectivity index (χ0) is 22.5. The highest BCUT2D eigenvalue weighted by atomic mass is 16.6.